The van der Waals surface area contributed by atoms with Gasteiger partial charge in [-0.2, -0.15) is 0 Å². The van der Waals surface area contributed by atoms with E-state index in [0.29, 0.717) is 5.92 Å². The average Bonchev–Trinajstić information content (AvgIpc) is 2.25. The molecule has 14 heavy (non-hydrogen) atoms. The fourth-order valence-corrected chi connectivity index (χ4v) is 1.47. The highest BCUT2D eigenvalue weighted by atomic mass is 14.8. The fourth-order valence-electron chi connectivity index (χ4n) is 1.47. The Morgan fingerprint density at radius 3 is 2.71 bits per heavy atom. The molecule has 0 unspecified atom stereocenters. The van der Waals surface area contributed by atoms with E-state index in [4.69, 9.17) is 0 Å². The van der Waals surface area contributed by atoms with Crippen LogP contribution in [0, 0.1) is 0 Å². The molecule has 0 heterocycles. The zero-order valence-electron chi connectivity index (χ0n) is 8.87. The van der Waals surface area contributed by atoms with Crippen molar-refractivity contribution in [1.82, 2.24) is 5.32 Å². The molecule has 0 aliphatic rings. The molecule has 0 fully saturated rings. The lowest BCUT2D eigenvalue weighted by Crippen LogP contribution is -2.16. The Labute approximate surface area is 86.8 Å². The Kier molecular flexibility index (Phi) is 5.02. The van der Waals surface area contributed by atoms with E-state index in [0.717, 1.165) is 13.1 Å². The van der Waals surface area contributed by atoms with Gasteiger partial charge in [0.15, 0.2) is 0 Å². The second kappa shape index (κ2) is 6.39. The number of benzene rings is 1. The van der Waals surface area contributed by atoms with Gasteiger partial charge in [0.2, 0.25) is 0 Å². The Balaban J connectivity index is 2.28. The molecule has 1 atom stereocenters. The van der Waals surface area contributed by atoms with Gasteiger partial charge in [0.25, 0.3) is 0 Å². The van der Waals surface area contributed by atoms with Crippen LogP contribution in [0.5, 0.6) is 0 Å². The zero-order chi connectivity index (χ0) is 10.2. The molecule has 1 nitrogen and oxygen atoms in total. The summed E-state index contributed by atoms with van der Waals surface area (Å²) in [4.78, 5) is 0. The summed E-state index contributed by atoms with van der Waals surface area (Å²) in [7, 11) is 0. The van der Waals surface area contributed by atoms with Crippen LogP contribution in [-0.4, -0.2) is 13.1 Å². The monoisotopic (exact) mass is 189 g/mol. The Morgan fingerprint density at radius 2 is 2.07 bits per heavy atom. The summed E-state index contributed by atoms with van der Waals surface area (Å²) in [6, 6.07) is 10.6. The first kappa shape index (κ1) is 11.0. The van der Waals surface area contributed by atoms with E-state index in [1.807, 2.05) is 6.08 Å². The molecule has 0 bridgehead atoms. The van der Waals surface area contributed by atoms with E-state index in [-0.39, 0.29) is 0 Å². The van der Waals surface area contributed by atoms with Gasteiger partial charge in [0, 0.05) is 6.54 Å². The van der Waals surface area contributed by atoms with Crippen LogP contribution in [0.1, 0.15) is 24.8 Å². The summed E-state index contributed by atoms with van der Waals surface area (Å²) in [6.07, 6.45) is 3.07. The van der Waals surface area contributed by atoms with E-state index in [2.05, 4.69) is 49.2 Å². The van der Waals surface area contributed by atoms with Crippen LogP contribution in [0.4, 0.5) is 0 Å². The predicted molar refractivity (Wildman–Crippen MR) is 62.5 cm³/mol. The highest BCUT2D eigenvalue weighted by molar-refractivity contribution is 5.18. The summed E-state index contributed by atoms with van der Waals surface area (Å²) in [5, 5.41) is 3.32. The van der Waals surface area contributed by atoms with Gasteiger partial charge in [-0.05, 0) is 24.4 Å². The van der Waals surface area contributed by atoms with Crippen molar-refractivity contribution >= 4 is 0 Å². The van der Waals surface area contributed by atoms with Crippen molar-refractivity contribution in [3.05, 3.63) is 48.6 Å². The zero-order valence-corrected chi connectivity index (χ0v) is 8.87. The van der Waals surface area contributed by atoms with Gasteiger partial charge in [-0.15, -0.1) is 6.58 Å². The van der Waals surface area contributed by atoms with Crippen LogP contribution in [0.3, 0.4) is 0 Å². The van der Waals surface area contributed by atoms with Crippen molar-refractivity contribution in [2.45, 2.75) is 19.3 Å². The lowest BCUT2D eigenvalue weighted by atomic mass is 9.98. The standard InChI is InChI=1S/C13H19N/c1-3-10-14-11-9-12(2)13-7-5-4-6-8-13/h3-8,12,14H,1,9-11H2,2H3/t12-/m0/s1. The molecule has 0 spiro atoms. The van der Waals surface area contributed by atoms with Crippen molar-refractivity contribution in [3.63, 3.8) is 0 Å². The van der Waals surface area contributed by atoms with E-state index in [9.17, 15) is 0 Å². The minimum Gasteiger partial charge on any atom is -0.313 e. The second-order valence-corrected chi connectivity index (χ2v) is 3.59. The molecule has 1 rings (SSSR count). The van der Waals surface area contributed by atoms with Crippen LogP contribution < -0.4 is 5.32 Å². The van der Waals surface area contributed by atoms with E-state index < -0.39 is 0 Å². The Bertz CT molecular complexity index is 253. The molecule has 0 radical (unpaired) electrons. The molecular weight excluding hydrogens is 170 g/mol. The summed E-state index contributed by atoms with van der Waals surface area (Å²) >= 11 is 0. The summed E-state index contributed by atoms with van der Waals surface area (Å²) in [5.41, 5.74) is 1.42. The third-order valence-electron chi connectivity index (χ3n) is 2.41. The Morgan fingerprint density at radius 1 is 1.36 bits per heavy atom. The molecule has 1 heteroatoms. The van der Waals surface area contributed by atoms with Gasteiger partial charge < -0.3 is 5.32 Å². The first-order valence-electron chi connectivity index (χ1n) is 5.21. The van der Waals surface area contributed by atoms with Crippen molar-refractivity contribution in [2.75, 3.05) is 13.1 Å². The summed E-state index contributed by atoms with van der Waals surface area (Å²) in [6.45, 7) is 7.90. The first-order valence-corrected chi connectivity index (χ1v) is 5.21. The summed E-state index contributed by atoms with van der Waals surface area (Å²) in [5.74, 6) is 0.633. The van der Waals surface area contributed by atoms with E-state index in [1.54, 1.807) is 0 Å². The smallest absolute Gasteiger partial charge is 0.0132 e. The summed E-state index contributed by atoms with van der Waals surface area (Å²) < 4.78 is 0. The maximum atomic E-state index is 3.67. The molecule has 0 aliphatic heterocycles. The normalized spacial score (nSPS) is 12.4. The largest absolute Gasteiger partial charge is 0.313 e. The maximum absolute atomic E-state index is 3.67. The van der Waals surface area contributed by atoms with Gasteiger partial charge in [-0.1, -0.05) is 43.3 Å². The number of nitrogens with one attached hydrogen (secondary N) is 1. The van der Waals surface area contributed by atoms with Gasteiger partial charge in [-0.25, -0.2) is 0 Å². The molecule has 1 aromatic carbocycles. The SMILES string of the molecule is C=CCNCC[C@H](C)c1ccccc1. The van der Waals surface area contributed by atoms with Crippen molar-refractivity contribution in [3.8, 4) is 0 Å². The molecule has 1 N–H and O–H groups in total. The minimum absolute atomic E-state index is 0.633. The molecule has 0 aromatic heterocycles. The van der Waals surface area contributed by atoms with E-state index >= 15 is 0 Å². The quantitative estimate of drug-likeness (QED) is 0.536. The molecule has 0 saturated carbocycles. The molecule has 1 aromatic rings. The topological polar surface area (TPSA) is 12.0 Å². The van der Waals surface area contributed by atoms with Gasteiger partial charge in [-0.3, -0.25) is 0 Å². The number of rotatable bonds is 6. The maximum Gasteiger partial charge on any atom is 0.0132 e. The predicted octanol–water partition coefficient (Wildman–Crippen LogP) is 2.96. The third kappa shape index (κ3) is 3.75. The minimum atomic E-state index is 0.633. The number of hydrogen-bond acceptors (Lipinski definition) is 1. The van der Waals surface area contributed by atoms with E-state index in [1.165, 1.54) is 12.0 Å². The average molecular weight is 189 g/mol. The highest BCUT2D eigenvalue weighted by Gasteiger charge is 2.02. The van der Waals surface area contributed by atoms with Crippen LogP contribution >= 0.6 is 0 Å². The van der Waals surface area contributed by atoms with Crippen LogP contribution in [-0.2, 0) is 0 Å². The first-order chi connectivity index (χ1) is 6.84. The molecule has 0 saturated heterocycles. The van der Waals surface area contributed by atoms with Crippen molar-refractivity contribution in [1.29, 1.82) is 0 Å². The van der Waals surface area contributed by atoms with Crippen molar-refractivity contribution in [2.24, 2.45) is 0 Å². The van der Waals surface area contributed by atoms with Crippen molar-refractivity contribution < 1.29 is 0 Å². The lowest BCUT2D eigenvalue weighted by molar-refractivity contribution is 0.620. The van der Waals surface area contributed by atoms with Gasteiger partial charge >= 0.3 is 0 Å². The van der Waals surface area contributed by atoms with Crippen LogP contribution in [0.15, 0.2) is 43.0 Å². The number of hydrogen-bond donors (Lipinski definition) is 1. The molecule has 76 valence electrons. The Hall–Kier alpha value is -1.08. The lowest BCUT2D eigenvalue weighted by Gasteiger charge is -2.11. The van der Waals surface area contributed by atoms with Crippen LogP contribution in [0.25, 0.3) is 0 Å². The van der Waals surface area contributed by atoms with Crippen LogP contribution in [0.2, 0.25) is 0 Å². The van der Waals surface area contributed by atoms with Gasteiger partial charge in [0.1, 0.15) is 0 Å². The second-order valence-electron chi connectivity index (χ2n) is 3.59. The third-order valence-corrected chi connectivity index (χ3v) is 2.41. The van der Waals surface area contributed by atoms with Gasteiger partial charge in [0.05, 0.1) is 0 Å². The molecule has 0 amide bonds. The highest BCUT2D eigenvalue weighted by Crippen LogP contribution is 2.17. The fraction of sp³-hybridized carbons (Fsp3) is 0.385. The molecule has 0 aliphatic carbocycles. The molecular formula is C13H19N.